The van der Waals surface area contributed by atoms with Crippen LogP contribution < -0.4 is 0 Å². The molecule has 2 nitrogen and oxygen atoms in total. The highest BCUT2D eigenvalue weighted by Gasteiger charge is 2.44. The molecule has 0 fully saturated rings. The Bertz CT molecular complexity index is 368. The number of nitrogens with zero attached hydrogens (tertiary/aromatic N) is 2. The summed E-state index contributed by atoms with van der Waals surface area (Å²) in [6, 6.07) is 0. The van der Waals surface area contributed by atoms with Crippen LogP contribution in [0.1, 0.15) is 13.8 Å². The van der Waals surface area contributed by atoms with E-state index < -0.39 is 50.0 Å². The number of hydrogen-bond acceptors (Lipinski definition) is 4. The van der Waals surface area contributed by atoms with Gasteiger partial charge in [-0.15, -0.1) is 5.11 Å². The summed E-state index contributed by atoms with van der Waals surface area (Å²) in [7, 11) is 0. The molecular weight excluding hydrogens is 290 g/mol. The highest BCUT2D eigenvalue weighted by molar-refractivity contribution is 8.07. The van der Waals surface area contributed by atoms with Gasteiger partial charge in [-0.3, -0.25) is 0 Å². The van der Waals surface area contributed by atoms with Crippen LogP contribution in [0.5, 0.6) is 0 Å². The molecule has 0 aromatic heterocycles. The molecule has 10 heteroatoms. The normalized spacial score (nSPS) is 20.2. The van der Waals surface area contributed by atoms with Crippen LogP contribution in [0.2, 0.25) is 0 Å². The molecule has 0 saturated carbocycles. The monoisotopic (exact) mass is 296 g/mol. The van der Waals surface area contributed by atoms with E-state index in [0.29, 0.717) is 0 Å². The van der Waals surface area contributed by atoms with Crippen molar-refractivity contribution in [2.24, 2.45) is 10.2 Å². The number of rotatable bonds is 2. The topological polar surface area (TPSA) is 24.7 Å². The lowest BCUT2D eigenvalue weighted by molar-refractivity contribution is -0.0336. The molecule has 1 rings (SSSR count). The van der Waals surface area contributed by atoms with Gasteiger partial charge in [-0.1, -0.05) is 0 Å². The van der Waals surface area contributed by atoms with E-state index in [1.165, 1.54) is 13.8 Å². The lowest BCUT2D eigenvalue weighted by Crippen LogP contribution is -2.18. The first kappa shape index (κ1) is 14.7. The Kier molecular flexibility index (Phi) is 3.78. The Morgan fingerprint density at radius 3 is 1.82 bits per heavy atom. The zero-order valence-electron chi connectivity index (χ0n) is 8.48. The minimum absolute atomic E-state index is 0.535. The molecule has 0 unspecified atom stereocenters. The van der Waals surface area contributed by atoms with Crippen molar-refractivity contribution in [2.45, 2.75) is 30.4 Å². The smallest absolute Gasteiger partial charge is 0.176 e. The molecule has 0 aromatic rings. The maximum atomic E-state index is 12.2. The highest BCUT2D eigenvalue weighted by Crippen LogP contribution is 2.52. The van der Waals surface area contributed by atoms with E-state index in [-0.39, 0.29) is 0 Å². The summed E-state index contributed by atoms with van der Waals surface area (Å²) in [6.07, 6.45) is 0. The van der Waals surface area contributed by atoms with Crippen molar-refractivity contribution in [3.05, 3.63) is 9.93 Å². The molecule has 0 radical (unpaired) electrons. The van der Waals surface area contributed by atoms with Gasteiger partial charge in [0.05, 0.1) is 4.91 Å². The van der Waals surface area contributed by atoms with E-state index in [4.69, 9.17) is 0 Å². The predicted octanol–water partition coefficient (Wildman–Crippen LogP) is 4.91. The molecule has 1 heterocycles. The van der Waals surface area contributed by atoms with Gasteiger partial charge in [0.2, 0.25) is 0 Å². The Morgan fingerprint density at radius 1 is 0.941 bits per heavy atom. The van der Waals surface area contributed by atoms with Crippen molar-refractivity contribution >= 4 is 23.5 Å². The van der Waals surface area contributed by atoms with Crippen LogP contribution in [0.25, 0.3) is 0 Å². The maximum Gasteiger partial charge on any atom is 0.447 e. The number of halogens is 6. The van der Waals surface area contributed by atoms with Crippen molar-refractivity contribution in [3.8, 4) is 0 Å². The SMILES string of the molecule is CC1(C)N=NC(SC(F)(F)F)=C1SC(F)(F)F. The standard InChI is InChI=1S/C7H6F6N2S2/c1-5(2)3(16-6(8,9)10)4(14-15-5)17-7(11,12)13/h1-2H3. The zero-order chi connectivity index (χ0) is 13.5. The largest absolute Gasteiger partial charge is 0.447 e. The molecule has 0 atom stereocenters. The summed E-state index contributed by atoms with van der Waals surface area (Å²) in [4.78, 5) is -0.535. The van der Waals surface area contributed by atoms with Crippen molar-refractivity contribution in [3.63, 3.8) is 0 Å². The minimum atomic E-state index is -4.69. The Labute approximate surface area is 101 Å². The van der Waals surface area contributed by atoms with Crippen molar-refractivity contribution in [2.75, 3.05) is 0 Å². The van der Waals surface area contributed by atoms with E-state index in [2.05, 4.69) is 10.2 Å². The summed E-state index contributed by atoms with van der Waals surface area (Å²) < 4.78 is 72.9. The second-order valence-electron chi connectivity index (χ2n) is 3.49. The fourth-order valence-electron chi connectivity index (χ4n) is 0.984. The van der Waals surface area contributed by atoms with Gasteiger partial charge in [-0.05, 0) is 25.6 Å². The molecule has 1 aliphatic heterocycles. The molecule has 0 saturated heterocycles. The van der Waals surface area contributed by atoms with E-state index >= 15 is 0 Å². The number of hydrogen-bond donors (Lipinski definition) is 0. The van der Waals surface area contributed by atoms with Gasteiger partial charge in [0.25, 0.3) is 0 Å². The average molecular weight is 296 g/mol. The van der Waals surface area contributed by atoms with E-state index in [1.807, 2.05) is 0 Å². The third-order valence-electron chi connectivity index (χ3n) is 1.57. The molecule has 0 bridgehead atoms. The Balaban J connectivity index is 3.02. The minimum Gasteiger partial charge on any atom is -0.176 e. The van der Waals surface area contributed by atoms with Crippen LogP contribution >= 0.6 is 23.5 Å². The predicted molar refractivity (Wildman–Crippen MR) is 53.3 cm³/mol. The first-order valence-electron chi connectivity index (χ1n) is 4.10. The van der Waals surface area contributed by atoms with E-state index in [9.17, 15) is 26.3 Å². The fourth-order valence-corrected chi connectivity index (χ4v) is 2.53. The summed E-state index contributed by atoms with van der Waals surface area (Å²) in [5, 5.41) is 5.83. The van der Waals surface area contributed by atoms with Gasteiger partial charge < -0.3 is 0 Å². The summed E-state index contributed by atoms with van der Waals surface area (Å²) in [5.74, 6) is 0. The molecule has 98 valence electrons. The average Bonchev–Trinajstić information content (AvgIpc) is 2.26. The number of azo groups is 1. The van der Waals surface area contributed by atoms with Gasteiger partial charge in [-0.25, -0.2) is 0 Å². The molecule has 0 N–H and O–H groups in total. The second kappa shape index (κ2) is 4.38. The fraction of sp³-hybridized carbons (Fsp3) is 0.714. The summed E-state index contributed by atoms with van der Waals surface area (Å²) >= 11 is -1.29. The highest BCUT2D eigenvalue weighted by atomic mass is 32.2. The second-order valence-corrected chi connectivity index (χ2v) is 5.62. The van der Waals surface area contributed by atoms with Crippen molar-refractivity contribution in [1.82, 2.24) is 0 Å². The molecule has 0 spiro atoms. The van der Waals surface area contributed by atoms with Crippen LogP contribution in [0, 0.1) is 0 Å². The molecule has 0 amide bonds. The summed E-state index contributed by atoms with van der Waals surface area (Å²) in [5.41, 5.74) is -10.7. The first-order valence-corrected chi connectivity index (χ1v) is 5.73. The molecule has 1 aliphatic rings. The van der Waals surface area contributed by atoms with Crippen LogP contribution in [-0.2, 0) is 0 Å². The maximum absolute atomic E-state index is 12.2. The van der Waals surface area contributed by atoms with Gasteiger partial charge >= 0.3 is 11.0 Å². The van der Waals surface area contributed by atoms with Gasteiger partial charge in [0, 0.05) is 11.8 Å². The van der Waals surface area contributed by atoms with Crippen LogP contribution in [0.4, 0.5) is 26.3 Å². The van der Waals surface area contributed by atoms with E-state index in [0.717, 1.165) is 0 Å². The molecule has 0 aliphatic carbocycles. The molecule has 0 aromatic carbocycles. The van der Waals surface area contributed by atoms with Gasteiger partial charge in [0.1, 0.15) is 10.6 Å². The zero-order valence-corrected chi connectivity index (χ0v) is 10.1. The van der Waals surface area contributed by atoms with Crippen LogP contribution in [-0.4, -0.2) is 16.6 Å². The van der Waals surface area contributed by atoms with Crippen molar-refractivity contribution in [1.29, 1.82) is 0 Å². The third-order valence-corrected chi connectivity index (χ3v) is 3.54. The first-order chi connectivity index (χ1) is 7.41. The van der Waals surface area contributed by atoms with Crippen LogP contribution in [0.15, 0.2) is 20.2 Å². The third kappa shape index (κ3) is 4.41. The van der Waals surface area contributed by atoms with Crippen LogP contribution in [0.3, 0.4) is 0 Å². The number of thioether (sulfide) groups is 2. The Hall–Kier alpha value is -0.380. The van der Waals surface area contributed by atoms with E-state index in [1.54, 1.807) is 0 Å². The van der Waals surface area contributed by atoms with Gasteiger partial charge in [-0.2, -0.15) is 31.5 Å². The molecule has 17 heavy (non-hydrogen) atoms. The Morgan fingerprint density at radius 2 is 1.41 bits per heavy atom. The summed E-state index contributed by atoms with van der Waals surface area (Å²) in [6.45, 7) is 2.54. The van der Waals surface area contributed by atoms with Crippen molar-refractivity contribution < 1.29 is 26.3 Å². The number of alkyl halides is 6. The van der Waals surface area contributed by atoms with Gasteiger partial charge in [0.15, 0.2) is 0 Å². The molecular formula is C7H6F6N2S2. The lowest BCUT2D eigenvalue weighted by atomic mass is 10.1. The lowest BCUT2D eigenvalue weighted by Gasteiger charge is -2.18. The quantitative estimate of drug-likeness (QED) is 0.677.